The molecular formula is C18H17N3O5S. The molecule has 0 saturated carbocycles. The summed E-state index contributed by atoms with van der Waals surface area (Å²) in [6.45, 7) is 2.50. The first-order chi connectivity index (χ1) is 13.0. The third kappa shape index (κ3) is 2.93. The molecule has 1 aliphatic heterocycles. The molecule has 0 bridgehead atoms. The summed E-state index contributed by atoms with van der Waals surface area (Å²) >= 11 is 1.71. The first-order valence-corrected chi connectivity index (χ1v) is 9.51. The Morgan fingerprint density at radius 1 is 1.41 bits per heavy atom. The van der Waals surface area contributed by atoms with Crippen molar-refractivity contribution in [3.8, 4) is 0 Å². The van der Waals surface area contributed by atoms with Crippen molar-refractivity contribution in [3.63, 3.8) is 0 Å². The summed E-state index contributed by atoms with van der Waals surface area (Å²) < 4.78 is 6.34. The van der Waals surface area contributed by atoms with Gasteiger partial charge in [0, 0.05) is 17.5 Å². The predicted molar refractivity (Wildman–Crippen MR) is 99.9 cm³/mol. The normalized spacial score (nSPS) is 16.5. The second-order valence-corrected chi connectivity index (χ2v) is 7.42. The number of hydrogen-bond acceptors (Lipinski definition) is 6. The van der Waals surface area contributed by atoms with Crippen LogP contribution in [0.3, 0.4) is 0 Å². The summed E-state index contributed by atoms with van der Waals surface area (Å²) in [7, 11) is 0. The SMILES string of the molecule is CC[C@H]1c2ccsc2CCN1C(=O)Cn1c(=O)oc2cc([N+](=O)[O-])ccc21. The standard InChI is InChI=1S/C18H17N3O5S/c1-2-13-12-6-8-27-16(12)5-7-19(13)17(22)10-20-14-4-3-11(21(24)25)9-15(14)26-18(20)23/h3-4,6,8-9,13H,2,5,7,10H2,1H3/t13-/m0/s1. The molecule has 1 aliphatic rings. The van der Waals surface area contributed by atoms with E-state index in [4.69, 9.17) is 4.42 Å². The van der Waals surface area contributed by atoms with E-state index in [1.165, 1.54) is 33.2 Å². The second kappa shape index (κ2) is 6.66. The number of rotatable bonds is 4. The molecule has 140 valence electrons. The molecule has 2 aromatic heterocycles. The van der Waals surface area contributed by atoms with Crippen molar-refractivity contribution in [2.24, 2.45) is 0 Å². The molecule has 27 heavy (non-hydrogen) atoms. The number of amides is 1. The topological polar surface area (TPSA) is 98.6 Å². The summed E-state index contributed by atoms with van der Waals surface area (Å²) in [6.07, 6.45) is 1.60. The van der Waals surface area contributed by atoms with Crippen LogP contribution in [0.5, 0.6) is 0 Å². The molecule has 4 rings (SSSR count). The lowest BCUT2D eigenvalue weighted by atomic mass is 9.98. The molecule has 0 spiro atoms. The predicted octanol–water partition coefficient (Wildman–Crippen LogP) is 3.10. The Hall–Kier alpha value is -2.94. The van der Waals surface area contributed by atoms with Gasteiger partial charge in [-0.2, -0.15) is 0 Å². The number of nitro groups is 1. The minimum Gasteiger partial charge on any atom is -0.407 e. The van der Waals surface area contributed by atoms with Gasteiger partial charge in [0.15, 0.2) is 5.58 Å². The first kappa shape index (κ1) is 17.5. The third-order valence-corrected chi connectivity index (χ3v) is 5.95. The first-order valence-electron chi connectivity index (χ1n) is 8.63. The van der Waals surface area contributed by atoms with E-state index in [1.54, 1.807) is 11.3 Å². The zero-order chi connectivity index (χ0) is 19.1. The maximum atomic E-state index is 13.0. The number of carbonyl (C=O) groups is 1. The maximum absolute atomic E-state index is 13.0. The summed E-state index contributed by atoms with van der Waals surface area (Å²) in [4.78, 5) is 38.6. The van der Waals surface area contributed by atoms with Crippen LogP contribution in [-0.2, 0) is 17.8 Å². The minimum absolute atomic E-state index is 0.00227. The lowest BCUT2D eigenvalue weighted by Crippen LogP contribution is -2.42. The number of oxazole rings is 1. The highest BCUT2D eigenvalue weighted by molar-refractivity contribution is 7.10. The van der Waals surface area contributed by atoms with Crippen molar-refractivity contribution in [1.29, 1.82) is 0 Å². The molecule has 8 nitrogen and oxygen atoms in total. The van der Waals surface area contributed by atoms with Gasteiger partial charge in [-0.05, 0) is 35.9 Å². The Labute approximate surface area is 157 Å². The fourth-order valence-corrected chi connectivity index (χ4v) is 4.61. The largest absolute Gasteiger partial charge is 0.420 e. The lowest BCUT2D eigenvalue weighted by Gasteiger charge is -2.35. The molecule has 0 radical (unpaired) electrons. The number of nitro benzene ring substituents is 1. The van der Waals surface area contributed by atoms with Crippen LogP contribution in [0, 0.1) is 10.1 Å². The van der Waals surface area contributed by atoms with E-state index in [9.17, 15) is 19.7 Å². The monoisotopic (exact) mass is 387 g/mol. The average molecular weight is 387 g/mol. The molecule has 0 unspecified atom stereocenters. The number of thiophene rings is 1. The van der Waals surface area contributed by atoms with E-state index in [1.807, 2.05) is 17.2 Å². The van der Waals surface area contributed by atoms with Crippen molar-refractivity contribution >= 4 is 34.0 Å². The highest BCUT2D eigenvalue weighted by Gasteiger charge is 2.31. The minimum atomic E-state index is -0.694. The van der Waals surface area contributed by atoms with Gasteiger partial charge in [0.1, 0.15) is 6.54 Å². The highest BCUT2D eigenvalue weighted by Crippen LogP contribution is 2.35. The number of hydrogen-bond donors (Lipinski definition) is 0. The van der Waals surface area contributed by atoms with Gasteiger partial charge in [0.25, 0.3) is 5.69 Å². The molecule has 3 aromatic rings. The molecule has 0 N–H and O–H groups in total. The maximum Gasteiger partial charge on any atom is 0.420 e. The van der Waals surface area contributed by atoms with Gasteiger partial charge in [-0.3, -0.25) is 19.5 Å². The Bertz CT molecular complexity index is 1100. The van der Waals surface area contributed by atoms with Gasteiger partial charge >= 0.3 is 5.76 Å². The molecule has 1 atom stereocenters. The number of carbonyl (C=O) groups excluding carboxylic acids is 1. The van der Waals surface area contributed by atoms with Gasteiger partial charge in [-0.1, -0.05) is 6.92 Å². The highest BCUT2D eigenvalue weighted by atomic mass is 32.1. The third-order valence-electron chi connectivity index (χ3n) is 4.96. The quantitative estimate of drug-likeness (QED) is 0.506. The summed E-state index contributed by atoms with van der Waals surface area (Å²) in [5.41, 5.74) is 1.50. The van der Waals surface area contributed by atoms with Crippen LogP contribution >= 0.6 is 11.3 Å². The van der Waals surface area contributed by atoms with Crippen LogP contribution in [0.25, 0.3) is 11.1 Å². The summed E-state index contributed by atoms with van der Waals surface area (Å²) in [5, 5.41) is 12.9. The second-order valence-electron chi connectivity index (χ2n) is 6.42. The van der Waals surface area contributed by atoms with E-state index in [-0.39, 0.29) is 29.8 Å². The molecule has 1 amide bonds. The van der Waals surface area contributed by atoms with E-state index in [0.717, 1.165) is 12.8 Å². The van der Waals surface area contributed by atoms with Crippen molar-refractivity contribution < 1.29 is 14.1 Å². The van der Waals surface area contributed by atoms with Crippen LogP contribution in [0.2, 0.25) is 0 Å². The van der Waals surface area contributed by atoms with E-state index >= 15 is 0 Å². The molecule has 0 saturated heterocycles. The van der Waals surface area contributed by atoms with E-state index in [0.29, 0.717) is 12.1 Å². The average Bonchev–Trinajstić information content (AvgIpc) is 3.24. The van der Waals surface area contributed by atoms with Crippen LogP contribution in [-0.4, -0.2) is 26.8 Å². The zero-order valence-corrected chi connectivity index (χ0v) is 15.4. The number of benzene rings is 1. The molecule has 0 aliphatic carbocycles. The Morgan fingerprint density at radius 2 is 2.22 bits per heavy atom. The van der Waals surface area contributed by atoms with E-state index in [2.05, 4.69) is 6.07 Å². The molecular weight excluding hydrogens is 370 g/mol. The van der Waals surface area contributed by atoms with Crippen LogP contribution < -0.4 is 5.76 Å². The molecule has 0 fully saturated rings. The van der Waals surface area contributed by atoms with Crippen molar-refractivity contribution in [2.75, 3.05) is 6.54 Å². The van der Waals surface area contributed by atoms with Gasteiger partial charge in [0.2, 0.25) is 5.91 Å². The van der Waals surface area contributed by atoms with Crippen molar-refractivity contribution in [3.05, 3.63) is 60.8 Å². The summed E-state index contributed by atoms with van der Waals surface area (Å²) in [5.74, 6) is -0.859. The summed E-state index contributed by atoms with van der Waals surface area (Å²) in [6, 6.07) is 6.00. The molecule has 1 aromatic carbocycles. The van der Waals surface area contributed by atoms with Gasteiger partial charge in [0.05, 0.1) is 22.5 Å². The zero-order valence-electron chi connectivity index (χ0n) is 14.6. The van der Waals surface area contributed by atoms with Gasteiger partial charge < -0.3 is 9.32 Å². The molecule has 3 heterocycles. The van der Waals surface area contributed by atoms with Crippen molar-refractivity contribution in [2.45, 2.75) is 32.4 Å². The lowest BCUT2D eigenvalue weighted by molar-refractivity contribution is -0.384. The number of aromatic nitrogens is 1. The van der Waals surface area contributed by atoms with Crippen LogP contribution in [0.15, 0.2) is 38.9 Å². The number of non-ortho nitro benzene ring substituents is 1. The van der Waals surface area contributed by atoms with Crippen molar-refractivity contribution in [1.82, 2.24) is 9.47 Å². The Kier molecular flexibility index (Phi) is 4.31. The van der Waals surface area contributed by atoms with Gasteiger partial charge in [-0.15, -0.1) is 11.3 Å². The number of fused-ring (bicyclic) bond motifs is 2. The fraction of sp³-hybridized carbons (Fsp3) is 0.333. The van der Waals surface area contributed by atoms with Gasteiger partial charge in [-0.25, -0.2) is 4.79 Å². The van der Waals surface area contributed by atoms with Crippen LogP contribution in [0.1, 0.15) is 29.8 Å². The smallest absolute Gasteiger partial charge is 0.407 e. The Morgan fingerprint density at radius 3 is 2.96 bits per heavy atom. The molecule has 9 heteroatoms. The number of nitrogens with zero attached hydrogens (tertiary/aromatic N) is 3. The Balaban J connectivity index is 1.64. The van der Waals surface area contributed by atoms with Crippen LogP contribution in [0.4, 0.5) is 5.69 Å². The fourth-order valence-electron chi connectivity index (χ4n) is 3.68. The van der Waals surface area contributed by atoms with E-state index < -0.39 is 10.7 Å².